The Morgan fingerprint density at radius 3 is 2.67 bits per heavy atom. The maximum atomic E-state index is 11.7. The molecule has 1 aromatic rings. The van der Waals surface area contributed by atoms with Crippen molar-refractivity contribution in [1.82, 2.24) is 0 Å². The summed E-state index contributed by atoms with van der Waals surface area (Å²) in [5, 5.41) is 0. The van der Waals surface area contributed by atoms with E-state index in [0.717, 1.165) is 12.0 Å². The van der Waals surface area contributed by atoms with Crippen LogP contribution in [0.3, 0.4) is 0 Å². The van der Waals surface area contributed by atoms with E-state index in [4.69, 9.17) is 5.73 Å². The van der Waals surface area contributed by atoms with Gasteiger partial charge >= 0.3 is 0 Å². The Morgan fingerprint density at radius 2 is 1.90 bits per heavy atom. The summed E-state index contributed by atoms with van der Waals surface area (Å²) in [5.41, 5.74) is 11.6. The van der Waals surface area contributed by atoms with Gasteiger partial charge in [0.05, 0.1) is 0 Å². The topological polar surface area (TPSA) is 43.1 Å². The molecular weight excluding hydrogens is 258 g/mol. The molecule has 2 N–H and O–H groups in total. The number of benzene rings is 1. The average molecular weight is 281 g/mol. The highest BCUT2D eigenvalue weighted by atomic mass is 16.1. The molecular formula is C19H23NO. The second kappa shape index (κ2) is 3.27. The molecule has 2 heteroatoms. The lowest BCUT2D eigenvalue weighted by molar-refractivity contribution is 0.101. The Morgan fingerprint density at radius 1 is 1.14 bits per heavy atom. The third kappa shape index (κ3) is 1.31. The van der Waals surface area contributed by atoms with Crippen LogP contribution in [-0.4, -0.2) is 11.3 Å². The number of ketones is 1. The van der Waals surface area contributed by atoms with Gasteiger partial charge in [0.25, 0.3) is 0 Å². The zero-order valence-corrected chi connectivity index (χ0v) is 12.9. The SMILES string of the molecule is CC(=O)c1ccc2c(c1)C1CC3(N)CC4(C)CC2C1(C4)C3. The molecule has 0 radical (unpaired) electrons. The van der Waals surface area contributed by atoms with Crippen molar-refractivity contribution in [3.63, 3.8) is 0 Å². The maximum Gasteiger partial charge on any atom is 0.159 e. The van der Waals surface area contributed by atoms with Crippen molar-refractivity contribution in [2.24, 2.45) is 16.6 Å². The van der Waals surface area contributed by atoms with E-state index in [0.29, 0.717) is 22.7 Å². The maximum absolute atomic E-state index is 11.7. The third-order valence-corrected chi connectivity index (χ3v) is 7.16. The zero-order chi connectivity index (χ0) is 14.6. The minimum absolute atomic E-state index is 0.0519. The summed E-state index contributed by atoms with van der Waals surface area (Å²) in [5.74, 6) is 1.48. The fourth-order valence-corrected chi connectivity index (χ4v) is 7.07. The smallest absolute Gasteiger partial charge is 0.159 e. The summed E-state index contributed by atoms with van der Waals surface area (Å²) in [6, 6.07) is 6.49. The Labute approximate surface area is 126 Å². The van der Waals surface area contributed by atoms with Crippen LogP contribution in [-0.2, 0) is 0 Å². The fraction of sp³-hybridized carbons (Fsp3) is 0.632. The standard InChI is InChI=1S/C19H23NO/c1-11(21)12-3-4-13-14(5-12)16-7-18(20)8-17(2)6-15(13)19(16,9-17)10-18/h3-5,15-16H,6-10,20H2,1-2H3. The zero-order valence-electron chi connectivity index (χ0n) is 12.9. The monoisotopic (exact) mass is 281 g/mol. The highest BCUT2D eigenvalue weighted by Crippen LogP contribution is 2.79. The van der Waals surface area contributed by atoms with E-state index in [9.17, 15) is 4.79 Å². The summed E-state index contributed by atoms with van der Waals surface area (Å²) < 4.78 is 0. The van der Waals surface area contributed by atoms with Crippen molar-refractivity contribution in [2.75, 3.05) is 0 Å². The molecule has 3 fully saturated rings. The molecule has 4 aliphatic carbocycles. The molecule has 5 unspecified atom stereocenters. The van der Waals surface area contributed by atoms with E-state index in [2.05, 4.69) is 19.1 Å². The second-order valence-corrected chi connectivity index (χ2v) is 8.85. The molecule has 110 valence electrons. The minimum atomic E-state index is 0.0519. The van der Waals surface area contributed by atoms with E-state index in [1.54, 1.807) is 6.92 Å². The Balaban J connectivity index is 1.74. The second-order valence-electron chi connectivity index (χ2n) is 8.85. The molecule has 0 heterocycles. The van der Waals surface area contributed by atoms with Crippen LogP contribution in [0.1, 0.15) is 79.3 Å². The third-order valence-electron chi connectivity index (χ3n) is 7.16. The van der Waals surface area contributed by atoms with Gasteiger partial charge in [0, 0.05) is 11.1 Å². The first kappa shape index (κ1) is 12.4. The molecule has 0 saturated heterocycles. The van der Waals surface area contributed by atoms with Gasteiger partial charge < -0.3 is 5.73 Å². The van der Waals surface area contributed by atoms with Crippen LogP contribution in [0.25, 0.3) is 0 Å². The first-order valence-corrected chi connectivity index (χ1v) is 8.28. The summed E-state index contributed by atoms with van der Waals surface area (Å²) in [7, 11) is 0. The molecule has 4 aliphatic rings. The van der Waals surface area contributed by atoms with Gasteiger partial charge in [0.1, 0.15) is 0 Å². The van der Waals surface area contributed by atoms with Crippen LogP contribution >= 0.6 is 0 Å². The number of carbonyl (C=O) groups is 1. The van der Waals surface area contributed by atoms with Crippen molar-refractivity contribution in [2.45, 2.75) is 63.3 Å². The Bertz CT molecular complexity index is 691. The first-order chi connectivity index (χ1) is 9.84. The predicted octanol–water partition coefficient (Wildman–Crippen LogP) is 3.75. The number of hydrogen-bond donors (Lipinski definition) is 1. The lowest BCUT2D eigenvalue weighted by Crippen LogP contribution is -2.45. The van der Waals surface area contributed by atoms with Crippen LogP contribution in [0.4, 0.5) is 0 Å². The summed E-state index contributed by atoms with van der Waals surface area (Å²) in [6.45, 7) is 4.13. The highest BCUT2D eigenvalue weighted by Gasteiger charge is 2.71. The highest BCUT2D eigenvalue weighted by molar-refractivity contribution is 5.94. The van der Waals surface area contributed by atoms with E-state index < -0.39 is 0 Å². The van der Waals surface area contributed by atoms with Crippen molar-refractivity contribution >= 4 is 5.78 Å². The number of carbonyl (C=O) groups excluding carboxylic acids is 1. The van der Waals surface area contributed by atoms with E-state index in [-0.39, 0.29) is 11.3 Å². The molecule has 1 aromatic carbocycles. The number of fused-ring (bicyclic) bond motifs is 5. The molecule has 0 amide bonds. The molecule has 0 aromatic heterocycles. The van der Waals surface area contributed by atoms with Gasteiger partial charge in [0.2, 0.25) is 0 Å². The van der Waals surface area contributed by atoms with Crippen LogP contribution in [0.2, 0.25) is 0 Å². The largest absolute Gasteiger partial charge is 0.325 e. The van der Waals surface area contributed by atoms with Crippen LogP contribution in [0.5, 0.6) is 0 Å². The number of hydrogen-bond acceptors (Lipinski definition) is 2. The lowest BCUT2D eigenvalue weighted by Gasteiger charge is -2.41. The van der Waals surface area contributed by atoms with Crippen LogP contribution < -0.4 is 5.73 Å². The van der Waals surface area contributed by atoms with Crippen molar-refractivity contribution in [3.8, 4) is 0 Å². The molecule has 21 heavy (non-hydrogen) atoms. The van der Waals surface area contributed by atoms with Crippen molar-refractivity contribution in [3.05, 3.63) is 34.9 Å². The van der Waals surface area contributed by atoms with Gasteiger partial charge in [-0.1, -0.05) is 19.1 Å². The van der Waals surface area contributed by atoms with Crippen molar-refractivity contribution in [1.29, 1.82) is 0 Å². The molecule has 5 atom stereocenters. The summed E-state index contributed by atoms with van der Waals surface area (Å²) in [4.78, 5) is 11.7. The minimum Gasteiger partial charge on any atom is -0.325 e. The molecule has 1 spiro atoms. The Hall–Kier alpha value is -1.15. The van der Waals surface area contributed by atoms with E-state index in [1.165, 1.54) is 36.8 Å². The molecule has 5 rings (SSSR count). The average Bonchev–Trinajstić information content (AvgIpc) is 2.84. The van der Waals surface area contributed by atoms with E-state index in [1.807, 2.05) is 6.07 Å². The number of Topliss-reactive ketones (excluding diaryl/α,β-unsaturated/α-hetero) is 1. The lowest BCUT2D eigenvalue weighted by atomic mass is 9.66. The molecule has 2 nitrogen and oxygen atoms in total. The van der Waals surface area contributed by atoms with Gasteiger partial charge in [-0.05, 0) is 78.9 Å². The van der Waals surface area contributed by atoms with Gasteiger partial charge in [-0.2, -0.15) is 0 Å². The van der Waals surface area contributed by atoms with Crippen LogP contribution in [0, 0.1) is 10.8 Å². The summed E-state index contributed by atoms with van der Waals surface area (Å²) in [6.07, 6.45) is 6.18. The van der Waals surface area contributed by atoms with E-state index >= 15 is 0 Å². The van der Waals surface area contributed by atoms with Gasteiger partial charge in [-0.25, -0.2) is 0 Å². The van der Waals surface area contributed by atoms with Gasteiger partial charge in [0.15, 0.2) is 5.78 Å². The first-order valence-electron chi connectivity index (χ1n) is 8.28. The molecule has 0 aliphatic heterocycles. The Kier molecular flexibility index (Phi) is 1.93. The summed E-state index contributed by atoms with van der Waals surface area (Å²) >= 11 is 0. The fourth-order valence-electron chi connectivity index (χ4n) is 7.07. The quantitative estimate of drug-likeness (QED) is 0.797. The van der Waals surface area contributed by atoms with Gasteiger partial charge in [-0.15, -0.1) is 0 Å². The van der Waals surface area contributed by atoms with Crippen molar-refractivity contribution < 1.29 is 4.79 Å². The normalized spacial score (nSPS) is 48.5. The molecule has 3 bridgehead atoms. The number of nitrogens with two attached hydrogens (primary N) is 1. The predicted molar refractivity (Wildman–Crippen MR) is 82.5 cm³/mol. The number of rotatable bonds is 1. The molecule has 3 saturated carbocycles. The van der Waals surface area contributed by atoms with Gasteiger partial charge in [-0.3, -0.25) is 4.79 Å². The van der Waals surface area contributed by atoms with Crippen LogP contribution in [0.15, 0.2) is 18.2 Å².